The van der Waals surface area contributed by atoms with Gasteiger partial charge in [-0.1, -0.05) is 23.5 Å². The summed E-state index contributed by atoms with van der Waals surface area (Å²) in [6.45, 7) is 4.59. The molecule has 0 saturated carbocycles. The van der Waals surface area contributed by atoms with Crippen LogP contribution in [0.5, 0.6) is 5.75 Å². The lowest BCUT2D eigenvalue weighted by Crippen LogP contribution is -2.45. The number of para-hydroxylation sites is 1. The van der Waals surface area contributed by atoms with Gasteiger partial charge in [0.05, 0.1) is 11.3 Å². The topological polar surface area (TPSA) is 83.0 Å². The molecule has 0 unspecified atom stereocenters. The highest BCUT2D eigenvalue weighted by molar-refractivity contribution is 7.91. The van der Waals surface area contributed by atoms with Crippen LogP contribution < -0.4 is 9.64 Å². The van der Waals surface area contributed by atoms with Crippen molar-refractivity contribution in [1.29, 1.82) is 0 Å². The van der Waals surface area contributed by atoms with Crippen molar-refractivity contribution in [1.82, 2.24) is 14.2 Å². The third-order valence-corrected chi connectivity index (χ3v) is 10.4. The van der Waals surface area contributed by atoms with Crippen LogP contribution in [0.4, 0.5) is 5.13 Å². The van der Waals surface area contributed by atoms with Gasteiger partial charge >= 0.3 is 0 Å². The minimum absolute atomic E-state index is 0.0222. The quantitative estimate of drug-likeness (QED) is 0.387. The number of aromatic nitrogens is 1. The largest absolute Gasteiger partial charge is 0.492 e. The molecule has 1 aliphatic heterocycles. The van der Waals surface area contributed by atoms with E-state index in [9.17, 15) is 13.2 Å². The molecule has 0 N–H and O–H groups in total. The fourth-order valence-corrected chi connectivity index (χ4v) is 7.87. The molecule has 1 aliphatic rings. The van der Waals surface area contributed by atoms with E-state index in [0.29, 0.717) is 48.4 Å². The Morgan fingerprint density at radius 1 is 1.17 bits per heavy atom. The summed E-state index contributed by atoms with van der Waals surface area (Å²) in [7, 11) is 0.537. The van der Waals surface area contributed by atoms with Gasteiger partial charge in [-0.2, -0.15) is 4.31 Å². The standard InChI is InChI=1S/C24H32N4O4S3/c1-4-32-19-8-5-9-20-22(19)25-24(34-20)28(14-7-13-26(2)3)23(29)18-11-15-27(16-12-18)35(30,31)21-10-6-17-33-21/h5-6,8-10,17-18H,4,7,11-16H2,1-3H3. The molecule has 0 bridgehead atoms. The third kappa shape index (κ3) is 5.86. The molecule has 0 aliphatic carbocycles. The van der Waals surface area contributed by atoms with Crippen molar-refractivity contribution in [2.45, 2.75) is 30.4 Å². The summed E-state index contributed by atoms with van der Waals surface area (Å²) in [5.74, 6) is 0.511. The SMILES string of the molecule is CCOc1cccc2sc(N(CCCN(C)C)C(=O)C3CCN(S(=O)(=O)c4cccs4)CC3)nc12. The lowest BCUT2D eigenvalue weighted by molar-refractivity contribution is -0.123. The highest BCUT2D eigenvalue weighted by Gasteiger charge is 2.35. The molecule has 0 atom stereocenters. The molecule has 35 heavy (non-hydrogen) atoms. The lowest BCUT2D eigenvalue weighted by Gasteiger charge is -2.32. The Morgan fingerprint density at radius 3 is 2.60 bits per heavy atom. The number of nitrogens with zero attached hydrogens (tertiary/aromatic N) is 4. The Kier molecular flexibility index (Phi) is 8.43. The van der Waals surface area contributed by atoms with E-state index in [1.165, 1.54) is 27.0 Å². The highest BCUT2D eigenvalue weighted by atomic mass is 32.2. The van der Waals surface area contributed by atoms with Crippen LogP contribution in [0.2, 0.25) is 0 Å². The Morgan fingerprint density at radius 2 is 1.94 bits per heavy atom. The van der Waals surface area contributed by atoms with E-state index in [4.69, 9.17) is 9.72 Å². The second-order valence-electron chi connectivity index (χ2n) is 8.79. The second kappa shape index (κ2) is 11.3. The van der Waals surface area contributed by atoms with Gasteiger partial charge in [0.2, 0.25) is 5.91 Å². The number of hydrogen-bond acceptors (Lipinski definition) is 8. The average molecular weight is 537 g/mol. The lowest BCUT2D eigenvalue weighted by atomic mass is 9.96. The molecule has 190 valence electrons. The van der Waals surface area contributed by atoms with Crippen molar-refractivity contribution in [2.75, 3.05) is 51.8 Å². The van der Waals surface area contributed by atoms with E-state index in [1.54, 1.807) is 22.4 Å². The molecular formula is C24H32N4O4S3. The van der Waals surface area contributed by atoms with Gasteiger partial charge in [0.25, 0.3) is 10.0 Å². The minimum atomic E-state index is -3.49. The molecule has 1 saturated heterocycles. The fraction of sp³-hybridized carbons (Fsp3) is 0.500. The molecule has 0 radical (unpaired) electrons. The number of sulfonamides is 1. The number of ether oxygens (including phenoxy) is 1. The van der Waals surface area contributed by atoms with Crippen LogP contribution in [0.15, 0.2) is 39.9 Å². The predicted octanol–water partition coefficient (Wildman–Crippen LogP) is 4.14. The van der Waals surface area contributed by atoms with E-state index in [1.807, 2.05) is 39.2 Å². The van der Waals surface area contributed by atoms with Gasteiger partial charge in [0.15, 0.2) is 5.13 Å². The zero-order valence-corrected chi connectivity index (χ0v) is 22.8. The highest BCUT2D eigenvalue weighted by Crippen LogP contribution is 2.36. The van der Waals surface area contributed by atoms with Crippen molar-refractivity contribution in [3.05, 3.63) is 35.7 Å². The van der Waals surface area contributed by atoms with E-state index >= 15 is 0 Å². The number of piperidine rings is 1. The maximum absolute atomic E-state index is 13.7. The summed E-state index contributed by atoms with van der Waals surface area (Å²) in [5, 5.41) is 2.44. The number of carbonyl (C=O) groups excluding carboxylic acids is 1. The van der Waals surface area contributed by atoms with Crippen molar-refractivity contribution < 1.29 is 17.9 Å². The van der Waals surface area contributed by atoms with Gasteiger partial charge < -0.3 is 9.64 Å². The number of thiazole rings is 1. The Hall–Kier alpha value is -2.05. The second-order valence-corrected chi connectivity index (χ2v) is 12.9. The van der Waals surface area contributed by atoms with Gasteiger partial charge in [-0.15, -0.1) is 11.3 Å². The van der Waals surface area contributed by atoms with Gasteiger partial charge in [-0.05, 0) is 70.4 Å². The molecule has 0 spiro atoms. The van der Waals surface area contributed by atoms with Crippen LogP contribution in [-0.2, 0) is 14.8 Å². The van der Waals surface area contributed by atoms with Crippen molar-refractivity contribution in [3.8, 4) is 5.75 Å². The van der Waals surface area contributed by atoms with Crippen molar-refractivity contribution in [2.24, 2.45) is 5.92 Å². The van der Waals surface area contributed by atoms with Crippen LogP contribution in [0, 0.1) is 5.92 Å². The summed E-state index contributed by atoms with van der Waals surface area (Å²) in [4.78, 5) is 22.4. The molecule has 4 rings (SSSR count). The first-order chi connectivity index (χ1) is 16.8. The molecule has 1 fully saturated rings. The van der Waals surface area contributed by atoms with Gasteiger partial charge in [-0.3, -0.25) is 9.69 Å². The van der Waals surface area contributed by atoms with E-state index < -0.39 is 10.0 Å². The first kappa shape index (κ1) is 26.0. The maximum Gasteiger partial charge on any atom is 0.252 e. The predicted molar refractivity (Wildman–Crippen MR) is 142 cm³/mol. The molecule has 11 heteroatoms. The van der Waals surface area contributed by atoms with Crippen LogP contribution in [-0.4, -0.2) is 75.4 Å². The van der Waals surface area contributed by atoms with Gasteiger partial charge in [0, 0.05) is 25.6 Å². The van der Waals surface area contributed by atoms with E-state index in [-0.39, 0.29) is 11.8 Å². The number of anilines is 1. The first-order valence-corrected chi connectivity index (χ1v) is 15.0. The van der Waals surface area contributed by atoms with Crippen molar-refractivity contribution >= 4 is 54.0 Å². The van der Waals surface area contributed by atoms with Gasteiger partial charge in [0.1, 0.15) is 15.5 Å². The number of hydrogen-bond donors (Lipinski definition) is 0. The summed E-state index contributed by atoms with van der Waals surface area (Å²) in [6, 6.07) is 9.21. The van der Waals surface area contributed by atoms with E-state index in [2.05, 4.69) is 4.90 Å². The number of fused-ring (bicyclic) bond motifs is 1. The van der Waals surface area contributed by atoms with Crippen LogP contribution in [0.25, 0.3) is 10.2 Å². The number of carbonyl (C=O) groups is 1. The monoisotopic (exact) mass is 536 g/mol. The number of thiophene rings is 1. The zero-order chi connectivity index (χ0) is 25.0. The Balaban J connectivity index is 1.53. The van der Waals surface area contributed by atoms with E-state index in [0.717, 1.165) is 28.9 Å². The fourth-order valence-electron chi connectivity index (χ4n) is 4.25. The molecule has 1 aromatic carbocycles. The third-order valence-electron chi connectivity index (χ3n) is 6.05. The molecular weight excluding hydrogens is 504 g/mol. The zero-order valence-electron chi connectivity index (χ0n) is 20.3. The normalized spacial score (nSPS) is 15.7. The molecule has 1 amide bonds. The van der Waals surface area contributed by atoms with Crippen LogP contribution in [0.3, 0.4) is 0 Å². The van der Waals surface area contributed by atoms with Crippen molar-refractivity contribution in [3.63, 3.8) is 0 Å². The Labute approximate surface area is 215 Å². The molecule has 3 aromatic rings. The number of rotatable bonds is 10. The van der Waals surface area contributed by atoms with Gasteiger partial charge in [-0.25, -0.2) is 13.4 Å². The number of benzene rings is 1. The summed E-state index contributed by atoms with van der Waals surface area (Å²) >= 11 is 2.72. The van der Waals surface area contributed by atoms with Crippen LogP contribution >= 0.6 is 22.7 Å². The summed E-state index contributed by atoms with van der Waals surface area (Å²) in [6.07, 6.45) is 1.82. The first-order valence-electron chi connectivity index (χ1n) is 11.8. The molecule has 8 nitrogen and oxygen atoms in total. The smallest absolute Gasteiger partial charge is 0.252 e. The average Bonchev–Trinajstić information content (AvgIpc) is 3.53. The summed E-state index contributed by atoms with van der Waals surface area (Å²) in [5.41, 5.74) is 0.775. The molecule has 2 aromatic heterocycles. The number of amides is 1. The van der Waals surface area contributed by atoms with Crippen LogP contribution in [0.1, 0.15) is 26.2 Å². The minimum Gasteiger partial charge on any atom is -0.492 e. The maximum atomic E-state index is 13.7. The molecule has 3 heterocycles. The summed E-state index contributed by atoms with van der Waals surface area (Å²) < 4.78 is 34.4. The Bertz CT molecular complexity index is 1230.